The number of hydrogen-bond donors (Lipinski definition) is 4. The van der Waals surface area contributed by atoms with Crippen molar-refractivity contribution in [2.75, 3.05) is 14.2 Å². The number of hydrogen-bond acceptors (Lipinski definition) is 9. The minimum absolute atomic E-state index is 0.132. The van der Waals surface area contributed by atoms with E-state index in [1.807, 2.05) is 0 Å². The number of allylic oxidation sites excluding steroid dienone is 5. The molecule has 0 aromatic heterocycles. The molecule has 1 heterocycles. The van der Waals surface area contributed by atoms with Crippen LogP contribution in [0.1, 0.15) is 34.1 Å². The SMILES string of the molecule is COC1C=CC=C(C)C(=O)NC2=CC(=O)C=C(C2=O)C(O)C(C)CC(OC)C(O)C(C)C=C(C)C1OC(N)=O. The quantitative estimate of drug-likeness (QED) is 0.301. The second kappa shape index (κ2) is 14.1. The lowest BCUT2D eigenvalue weighted by Crippen LogP contribution is -2.39. The molecule has 0 saturated heterocycles. The normalized spacial score (nSPS) is 31.5. The van der Waals surface area contributed by atoms with Gasteiger partial charge in [0, 0.05) is 37.4 Å². The van der Waals surface area contributed by atoms with E-state index in [0.29, 0.717) is 5.57 Å². The van der Waals surface area contributed by atoms with Gasteiger partial charge in [-0.2, -0.15) is 0 Å². The number of primary amides is 1. The van der Waals surface area contributed by atoms with Crippen molar-refractivity contribution in [3.8, 4) is 0 Å². The van der Waals surface area contributed by atoms with Crippen molar-refractivity contribution >= 4 is 23.6 Å². The number of nitrogens with two attached hydrogens (primary N) is 1. The van der Waals surface area contributed by atoms with Crippen LogP contribution in [0.2, 0.25) is 0 Å². The van der Waals surface area contributed by atoms with Gasteiger partial charge in [0.1, 0.15) is 6.10 Å². The van der Waals surface area contributed by atoms with E-state index in [1.165, 1.54) is 33.3 Å². The lowest BCUT2D eigenvalue weighted by atomic mass is 9.84. The molecule has 1 aliphatic heterocycles. The zero-order chi connectivity index (χ0) is 29.4. The number of ether oxygens (including phenoxy) is 3. The van der Waals surface area contributed by atoms with Crippen LogP contribution in [0.5, 0.6) is 0 Å². The second-order valence-corrected chi connectivity index (χ2v) is 9.83. The van der Waals surface area contributed by atoms with E-state index in [-0.39, 0.29) is 23.3 Å². The number of amides is 2. The molecule has 5 N–H and O–H groups in total. The predicted octanol–water partition coefficient (Wildman–Crippen LogP) is 1.41. The highest BCUT2D eigenvalue weighted by Gasteiger charge is 2.34. The maximum Gasteiger partial charge on any atom is 0.405 e. The molecule has 2 bridgehead atoms. The zero-order valence-corrected chi connectivity index (χ0v) is 23.0. The number of carbonyl (C=O) groups is 4. The van der Waals surface area contributed by atoms with Crippen LogP contribution in [0.3, 0.4) is 0 Å². The number of ketones is 2. The summed E-state index contributed by atoms with van der Waals surface area (Å²) < 4.78 is 16.3. The standard InChI is InChI=1S/C28H38N2O9/c1-14-8-7-9-21(37-5)26(39-28(29)36)17(4)10-15(2)24(33)22(38-6)11-16(3)23(32)19-12-18(31)13-20(25(19)34)30-27(14)35/h7-10,12-13,15-16,21-24,26,32-33H,11H2,1-6H3,(H2,29,36)(H,30,35). The van der Waals surface area contributed by atoms with Crippen molar-refractivity contribution < 1.29 is 43.6 Å². The van der Waals surface area contributed by atoms with Crippen molar-refractivity contribution in [3.05, 3.63) is 58.9 Å². The highest BCUT2D eigenvalue weighted by Crippen LogP contribution is 2.27. The summed E-state index contributed by atoms with van der Waals surface area (Å²) in [6.45, 7) is 6.61. The number of aliphatic hydroxyl groups is 2. The summed E-state index contributed by atoms with van der Waals surface area (Å²) in [4.78, 5) is 49.8. The van der Waals surface area contributed by atoms with Gasteiger partial charge in [0.15, 0.2) is 11.9 Å². The minimum atomic E-state index is -1.36. The number of aliphatic hydroxyl groups excluding tert-OH is 2. The Hall–Kier alpha value is -3.38. The zero-order valence-electron chi connectivity index (χ0n) is 23.0. The van der Waals surface area contributed by atoms with E-state index in [0.717, 1.165) is 12.2 Å². The third-order valence-corrected chi connectivity index (χ3v) is 6.82. The highest BCUT2D eigenvalue weighted by atomic mass is 16.6. The Morgan fingerprint density at radius 1 is 1.08 bits per heavy atom. The molecular formula is C28H38N2O9. The fraction of sp³-hybridized carbons (Fsp3) is 0.500. The lowest BCUT2D eigenvalue weighted by Gasteiger charge is -2.31. The summed E-state index contributed by atoms with van der Waals surface area (Å²) in [5, 5.41) is 24.5. The van der Waals surface area contributed by atoms with Crippen molar-refractivity contribution in [2.24, 2.45) is 17.6 Å². The van der Waals surface area contributed by atoms with Crippen LogP contribution >= 0.6 is 0 Å². The highest BCUT2D eigenvalue weighted by molar-refractivity contribution is 6.22. The van der Waals surface area contributed by atoms with Crippen LogP contribution in [0.25, 0.3) is 0 Å². The second-order valence-electron chi connectivity index (χ2n) is 9.83. The number of rotatable bonds is 3. The fourth-order valence-corrected chi connectivity index (χ4v) is 4.51. The molecule has 7 unspecified atom stereocenters. The Bertz CT molecular complexity index is 1120. The molecule has 0 radical (unpaired) electrons. The molecular weight excluding hydrogens is 508 g/mol. The first-order valence-electron chi connectivity index (χ1n) is 12.5. The van der Waals surface area contributed by atoms with E-state index in [1.54, 1.807) is 32.9 Å². The maximum atomic E-state index is 13.1. The Morgan fingerprint density at radius 2 is 1.74 bits per heavy atom. The average molecular weight is 547 g/mol. The first-order chi connectivity index (χ1) is 18.3. The summed E-state index contributed by atoms with van der Waals surface area (Å²) in [7, 11) is 2.82. The number of methoxy groups -OCH3 is 2. The van der Waals surface area contributed by atoms with Gasteiger partial charge in [-0.1, -0.05) is 38.2 Å². The molecule has 39 heavy (non-hydrogen) atoms. The molecule has 0 aromatic carbocycles. The summed E-state index contributed by atoms with van der Waals surface area (Å²) in [6.07, 6.45) is 2.47. The van der Waals surface area contributed by atoms with Crippen molar-refractivity contribution in [2.45, 2.75) is 64.6 Å². The smallest absolute Gasteiger partial charge is 0.405 e. The van der Waals surface area contributed by atoms with E-state index in [4.69, 9.17) is 19.9 Å². The van der Waals surface area contributed by atoms with E-state index >= 15 is 0 Å². The van der Waals surface area contributed by atoms with Crippen LogP contribution in [0.4, 0.5) is 4.79 Å². The average Bonchev–Trinajstić information content (AvgIpc) is 2.88. The Morgan fingerprint density at radius 3 is 2.33 bits per heavy atom. The number of fused-ring (bicyclic) bond motifs is 2. The molecule has 0 saturated carbocycles. The van der Waals surface area contributed by atoms with E-state index in [2.05, 4.69) is 5.32 Å². The molecule has 1 aliphatic carbocycles. The van der Waals surface area contributed by atoms with Crippen LogP contribution in [0, 0.1) is 11.8 Å². The van der Waals surface area contributed by atoms with Crippen LogP contribution in [-0.2, 0) is 28.6 Å². The first-order valence-corrected chi connectivity index (χ1v) is 12.5. The summed E-state index contributed by atoms with van der Waals surface area (Å²) in [6, 6.07) is 0. The van der Waals surface area contributed by atoms with Gasteiger partial charge in [-0.15, -0.1) is 0 Å². The van der Waals surface area contributed by atoms with Gasteiger partial charge in [-0.25, -0.2) is 4.79 Å². The topological polar surface area (TPSA) is 174 Å². The number of Topliss-reactive ketones (excluding diaryl/α,β-unsaturated/α-hetero) is 1. The van der Waals surface area contributed by atoms with Gasteiger partial charge in [0.2, 0.25) is 5.78 Å². The van der Waals surface area contributed by atoms with Gasteiger partial charge in [-0.05, 0) is 37.8 Å². The lowest BCUT2D eigenvalue weighted by molar-refractivity contribution is -0.120. The van der Waals surface area contributed by atoms with Crippen LogP contribution < -0.4 is 11.1 Å². The molecule has 2 aliphatic rings. The molecule has 0 fully saturated rings. The van der Waals surface area contributed by atoms with Crippen molar-refractivity contribution in [1.82, 2.24) is 5.32 Å². The Balaban J connectivity index is 2.58. The third kappa shape index (κ3) is 8.30. The number of carbonyl (C=O) groups excluding carboxylic acids is 4. The molecule has 11 nitrogen and oxygen atoms in total. The number of nitrogens with one attached hydrogen (secondary N) is 1. The van der Waals surface area contributed by atoms with Gasteiger partial charge in [-0.3, -0.25) is 14.4 Å². The maximum absolute atomic E-state index is 13.1. The van der Waals surface area contributed by atoms with Gasteiger partial charge < -0.3 is 35.5 Å². The predicted molar refractivity (Wildman–Crippen MR) is 142 cm³/mol. The minimum Gasteiger partial charge on any atom is -0.439 e. The fourth-order valence-electron chi connectivity index (χ4n) is 4.51. The molecule has 2 amide bonds. The van der Waals surface area contributed by atoms with E-state index in [9.17, 15) is 29.4 Å². The van der Waals surface area contributed by atoms with Crippen molar-refractivity contribution in [3.63, 3.8) is 0 Å². The van der Waals surface area contributed by atoms with Crippen molar-refractivity contribution in [1.29, 1.82) is 0 Å². The van der Waals surface area contributed by atoms with Crippen LogP contribution in [0.15, 0.2) is 58.9 Å². The molecule has 0 aromatic rings. The summed E-state index contributed by atoms with van der Waals surface area (Å²) >= 11 is 0. The van der Waals surface area contributed by atoms with E-state index < -0.39 is 65.9 Å². The largest absolute Gasteiger partial charge is 0.439 e. The molecule has 0 spiro atoms. The van der Waals surface area contributed by atoms with Crippen LogP contribution in [-0.4, -0.2) is 78.5 Å². The Kier molecular flexibility index (Phi) is 11.5. The summed E-state index contributed by atoms with van der Waals surface area (Å²) in [5.41, 5.74) is 5.63. The molecule has 11 heteroatoms. The third-order valence-electron chi connectivity index (χ3n) is 6.82. The van der Waals surface area contributed by atoms with Gasteiger partial charge in [0.05, 0.1) is 24.0 Å². The summed E-state index contributed by atoms with van der Waals surface area (Å²) in [5.74, 6) is -3.00. The monoisotopic (exact) mass is 546 g/mol. The molecule has 7 atom stereocenters. The van der Waals surface area contributed by atoms with Gasteiger partial charge in [0.25, 0.3) is 5.91 Å². The molecule has 2 rings (SSSR count). The molecule has 214 valence electrons. The first kappa shape index (κ1) is 31.8. The Labute approximate surface area is 228 Å². The van der Waals surface area contributed by atoms with Gasteiger partial charge >= 0.3 is 6.09 Å².